The zero-order valence-corrected chi connectivity index (χ0v) is 17.7. The maximum atomic E-state index is 14.4. The molecule has 30 heavy (non-hydrogen) atoms. The smallest absolute Gasteiger partial charge is 0.230 e. The first kappa shape index (κ1) is 20.0. The fourth-order valence-corrected chi connectivity index (χ4v) is 3.17. The molecule has 3 aromatic heterocycles. The molecule has 156 valence electrons. The van der Waals surface area contributed by atoms with Gasteiger partial charge in [0.05, 0.1) is 5.39 Å². The Kier molecular flexibility index (Phi) is 4.80. The van der Waals surface area contributed by atoms with Crippen molar-refractivity contribution in [3.8, 4) is 11.1 Å². The number of rotatable bonds is 4. The average molecular weight is 409 g/mol. The molecule has 4 rings (SSSR count). The van der Waals surface area contributed by atoms with E-state index in [1.54, 1.807) is 16.9 Å². The molecule has 0 bridgehead atoms. The van der Waals surface area contributed by atoms with Gasteiger partial charge in [0, 0.05) is 23.7 Å². The van der Waals surface area contributed by atoms with E-state index >= 15 is 0 Å². The maximum Gasteiger partial charge on any atom is 0.230 e. The molecule has 0 saturated heterocycles. The number of anilines is 1. The van der Waals surface area contributed by atoms with Crippen LogP contribution in [0.2, 0.25) is 0 Å². The number of amides is 1. The molecule has 3 heterocycles. The minimum atomic E-state index is -0.569. The summed E-state index contributed by atoms with van der Waals surface area (Å²) in [5.41, 5.74) is 1.96. The minimum Gasteiger partial charge on any atom is -0.440 e. The summed E-state index contributed by atoms with van der Waals surface area (Å²) in [5, 5.41) is 8.22. The molecule has 0 spiro atoms. The third-order valence-electron chi connectivity index (χ3n) is 4.76. The first-order valence-corrected chi connectivity index (χ1v) is 9.84. The van der Waals surface area contributed by atoms with Gasteiger partial charge in [0.1, 0.15) is 5.52 Å². The van der Waals surface area contributed by atoms with Gasteiger partial charge < -0.3 is 9.73 Å². The monoisotopic (exact) mass is 409 g/mol. The summed E-state index contributed by atoms with van der Waals surface area (Å²) < 4.78 is 21.3. The van der Waals surface area contributed by atoms with Gasteiger partial charge in [-0.3, -0.25) is 4.79 Å². The van der Waals surface area contributed by atoms with Crippen LogP contribution in [0.25, 0.3) is 33.3 Å². The molecular formula is C22H24FN5O2. The lowest BCUT2D eigenvalue weighted by atomic mass is 9.96. The second-order valence-corrected chi connectivity index (χ2v) is 8.88. The SMILES string of the molecule is CC(C)Cn1nc(NC(=O)C(C)(C)C)c2cc(-c3cc(F)c4ocnc4c3)cnc21. The van der Waals surface area contributed by atoms with Crippen molar-refractivity contribution in [2.24, 2.45) is 11.3 Å². The Balaban J connectivity index is 1.84. The van der Waals surface area contributed by atoms with E-state index < -0.39 is 11.2 Å². The third kappa shape index (κ3) is 3.65. The van der Waals surface area contributed by atoms with Crippen LogP contribution in [0.4, 0.5) is 10.2 Å². The summed E-state index contributed by atoms with van der Waals surface area (Å²) in [6, 6.07) is 5.00. The van der Waals surface area contributed by atoms with E-state index in [-0.39, 0.29) is 11.5 Å². The normalized spacial score (nSPS) is 12.2. The van der Waals surface area contributed by atoms with Crippen LogP contribution in [0, 0.1) is 17.2 Å². The predicted octanol–water partition coefficient (Wildman–Crippen LogP) is 5.02. The number of aromatic nitrogens is 4. The number of fused-ring (bicyclic) bond motifs is 2. The molecule has 4 aromatic rings. The van der Waals surface area contributed by atoms with Crippen molar-refractivity contribution < 1.29 is 13.6 Å². The lowest BCUT2D eigenvalue weighted by Gasteiger charge is -2.16. The predicted molar refractivity (Wildman–Crippen MR) is 113 cm³/mol. The van der Waals surface area contributed by atoms with Crippen LogP contribution >= 0.6 is 0 Å². The van der Waals surface area contributed by atoms with E-state index in [9.17, 15) is 9.18 Å². The van der Waals surface area contributed by atoms with Gasteiger partial charge in [0.15, 0.2) is 29.3 Å². The Bertz CT molecular complexity index is 1250. The third-order valence-corrected chi connectivity index (χ3v) is 4.76. The lowest BCUT2D eigenvalue weighted by molar-refractivity contribution is -0.123. The van der Waals surface area contributed by atoms with Gasteiger partial charge in [-0.15, -0.1) is 0 Å². The highest BCUT2D eigenvalue weighted by molar-refractivity contribution is 6.01. The van der Waals surface area contributed by atoms with Crippen molar-refractivity contribution in [3.05, 3.63) is 36.6 Å². The standard InChI is InChI=1S/C22H24FN5O2/c1-12(2)10-28-20-15(19(27-28)26-21(29)22(3,4)5)6-14(9-24-20)13-7-16(23)18-17(8-13)25-11-30-18/h6-9,11-12H,10H2,1-5H3,(H,26,27,29). The molecule has 0 saturated carbocycles. The lowest BCUT2D eigenvalue weighted by Crippen LogP contribution is -2.28. The van der Waals surface area contributed by atoms with Crippen LogP contribution in [0.5, 0.6) is 0 Å². The van der Waals surface area contributed by atoms with Crippen molar-refractivity contribution in [1.82, 2.24) is 19.7 Å². The highest BCUT2D eigenvalue weighted by atomic mass is 19.1. The molecule has 0 atom stereocenters. The molecule has 1 aromatic carbocycles. The first-order chi connectivity index (χ1) is 14.1. The number of hydrogen-bond donors (Lipinski definition) is 1. The number of halogens is 1. The van der Waals surface area contributed by atoms with Crippen molar-refractivity contribution >= 4 is 33.9 Å². The molecule has 7 nitrogen and oxygen atoms in total. The Morgan fingerprint density at radius 1 is 1.20 bits per heavy atom. The van der Waals surface area contributed by atoms with Gasteiger partial charge in [-0.2, -0.15) is 5.10 Å². The molecule has 0 aliphatic rings. The highest BCUT2D eigenvalue weighted by Gasteiger charge is 2.24. The largest absolute Gasteiger partial charge is 0.440 e. The van der Waals surface area contributed by atoms with Gasteiger partial charge in [0.25, 0.3) is 0 Å². The number of pyridine rings is 1. The van der Waals surface area contributed by atoms with Gasteiger partial charge >= 0.3 is 0 Å². The van der Waals surface area contributed by atoms with Crippen molar-refractivity contribution in [3.63, 3.8) is 0 Å². The van der Waals surface area contributed by atoms with Gasteiger partial charge in [0.2, 0.25) is 5.91 Å². The molecule has 1 amide bonds. The summed E-state index contributed by atoms with van der Waals surface area (Å²) in [5.74, 6) is 0.170. The Morgan fingerprint density at radius 2 is 1.97 bits per heavy atom. The zero-order chi connectivity index (χ0) is 21.6. The van der Waals surface area contributed by atoms with E-state index in [0.29, 0.717) is 46.0 Å². The van der Waals surface area contributed by atoms with Gasteiger partial charge in [-0.05, 0) is 29.7 Å². The second-order valence-electron chi connectivity index (χ2n) is 8.88. The molecule has 0 fully saturated rings. The topological polar surface area (TPSA) is 85.8 Å². The van der Waals surface area contributed by atoms with Crippen LogP contribution in [0.1, 0.15) is 34.6 Å². The minimum absolute atomic E-state index is 0.121. The van der Waals surface area contributed by atoms with E-state index in [4.69, 9.17) is 4.42 Å². The summed E-state index contributed by atoms with van der Waals surface area (Å²) in [6.07, 6.45) is 2.89. The number of oxazole rings is 1. The quantitative estimate of drug-likeness (QED) is 0.511. The van der Waals surface area contributed by atoms with Crippen molar-refractivity contribution in [2.75, 3.05) is 5.32 Å². The number of nitrogens with zero attached hydrogens (tertiary/aromatic N) is 4. The molecule has 8 heteroatoms. The van der Waals surface area contributed by atoms with Crippen LogP contribution in [0.3, 0.4) is 0 Å². The Hall–Kier alpha value is -3.29. The fourth-order valence-electron chi connectivity index (χ4n) is 3.17. The summed E-state index contributed by atoms with van der Waals surface area (Å²) in [7, 11) is 0. The number of benzene rings is 1. The van der Waals surface area contributed by atoms with Crippen LogP contribution in [-0.2, 0) is 11.3 Å². The summed E-state index contributed by atoms with van der Waals surface area (Å²) in [6.45, 7) is 10.4. The maximum absolute atomic E-state index is 14.4. The molecule has 0 radical (unpaired) electrons. The molecule has 0 aliphatic heterocycles. The van der Waals surface area contributed by atoms with E-state index in [1.807, 2.05) is 26.8 Å². The Morgan fingerprint density at radius 3 is 2.67 bits per heavy atom. The molecule has 0 unspecified atom stereocenters. The number of nitrogens with one attached hydrogen (secondary N) is 1. The molecular weight excluding hydrogens is 385 g/mol. The Labute approximate surface area is 173 Å². The van der Waals surface area contributed by atoms with Crippen molar-refractivity contribution in [1.29, 1.82) is 0 Å². The molecule has 0 aliphatic carbocycles. The number of carbonyl (C=O) groups excluding carboxylic acids is 1. The summed E-state index contributed by atoms with van der Waals surface area (Å²) >= 11 is 0. The van der Waals surface area contributed by atoms with Crippen LogP contribution in [-0.4, -0.2) is 25.7 Å². The van der Waals surface area contributed by atoms with Gasteiger partial charge in [-0.1, -0.05) is 34.6 Å². The summed E-state index contributed by atoms with van der Waals surface area (Å²) in [4.78, 5) is 21.2. The number of carbonyl (C=O) groups is 1. The highest BCUT2D eigenvalue weighted by Crippen LogP contribution is 2.31. The van der Waals surface area contributed by atoms with E-state index in [2.05, 4.69) is 34.2 Å². The van der Waals surface area contributed by atoms with Crippen molar-refractivity contribution in [2.45, 2.75) is 41.2 Å². The van der Waals surface area contributed by atoms with Crippen LogP contribution < -0.4 is 5.32 Å². The number of hydrogen-bond acceptors (Lipinski definition) is 5. The van der Waals surface area contributed by atoms with E-state index in [1.165, 1.54) is 12.5 Å². The molecule has 1 N–H and O–H groups in total. The zero-order valence-electron chi connectivity index (χ0n) is 17.7. The second kappa shape index (κ2) is 7.19. The van der Waals surface area contributed by atoms with Crippen LogP contribution in [0.15, 0.2) is 35.2 Å². The van der Waals surface area contributed by atoms with E-state index in [0.717, 1.165) is 0 Å². The average Bonchev–Trinajstić information content (AvgIpc) is 3.26. The first-order valence-electron chi connectivity index (χ1n) is 9.84. The fraction of sp³-hybridized carbons (Fsp3) is 0.364. The van der Waals surface area contributed by atoms with Gasteiger partial charge in [-0.25, -0.2) is 19.0 Å².